The van der Waals surface area contributed by atoms with Crippen molar-refractivity contribution >= 4 is 33.2 Å². The van der Waals surface area contributed by atoms with E-state index in [1.165, 1.54) is 16.4 Å². The van der Waals surface area contributed by atoms with Crippen LogP contribution in [0.15, 0.2) is 23.1 Å². The molecule has 0 heterocycles. The van der Waals surface area contributed by atoms with Crippen molar-refractivity contribution in [1.29, 1.82) is 0 Å². The van der Waals surface area contributed by atoms with Gasteiger partial charge in [-0.25, -0.2) is 8.42 Å². The first-order valence-corrected chi connectivity index (χ1v) is 8.08. The van der Waals surface area contributed by atoms with Crippen molar-refractivity contribution in [2.24, 2.45) is 0 Å². The summed E-state index contributed by atoms with van der Waals surface area (Å²) in [5, 5.41) is 0.568. The van der Waals surface area contributed by atoms with E-state index in [-0.39, 0.29) is 9.92 Å². The number of unbranched alkanes of at least 4 members (excludes halogenated alkanes) is 1. The third-order valence-electron chi connectivity index (χ3n) is 2.62. The first kappa shape index (κ1) is 15.8. The van der Waals surface area contributed by atoms with Gasteiger partial charge in [-0.3, -0.25) is 0 Å². The molecule has 18 heavy (non-hydrogen) atoms. The number of hydrogen-bond acceptors (Lipinski definition) is 2. The van der Waals surface area contributed by atoms with Gasteiger partial charge >= 0.3 is 0 Å². The SMILES string of the molecule is CCCCN(CC)S(=O)(=O)c1cc(Cl)ccc1Cl. The Morgan fingerprint density at radius 1 is 1.22 bits per heavy atom. The van der Waals surface area contributed by atoms with E-state index in [9.17, 15) is 8.42 Å². The summed E-state index contributed by atoms with van der Waals surface area (Å²) in [5.74, 6) is 0. The molecule has 0 saturated carbocycles. The molecule has 0 amide bonds. The molecule has 1 rings (SSSR count). The summed E-state index contributed by atoms with van der Waals surface area (Å²) in [4.78, 5) is 0.0784. The highest BCUT2D eigenvalue weighted by atomic mass is 35.5. The molecule has 0 unspecified atom stereocenters. The van der Waals surface area contributed by atoms with Crippen LogP contribution in [0.1, 0.15) is 26.7 Å². The van der Waals surface area contributed by atoms with Crippen molar-refractivity contribution in [1.82, 2.24) is 4.31 Å². The van der Waals surface area contributed by atoms with Crippen LogP contribution in [0.25, 0.3) is 0 Å². The summed E-state index contributed by atoms with van der Waals surface area (Å²) in [7, 11) is -3.56. The fourth-order valence-electron chi connectivity index (χ4n) is 1.60. The summed E-state index contributed by atoms with van der Waals surface area (Å²) in [6.45, 7) is 4.75. The van der Waals surface area contributed by atoms with Crippen LogP contribution in [0, 0.1) is 0 Å². The van der Waals surface area contributed by atoms with Gasteiger partial charge in [0.05, 0.1) is 5.02 Å². The molecule has 0 aliphatic rings. The van der Waals surface area contributed by atoms with E-state index >= 15 is 0 Å². The molecule has 102 valence electrons. The number of sulfonamides is 1. The molecular weight excluding hydrogens is 293 g/mol. The van der Waals surface area contributed by atoms with Gasteiger partial charge in [0.15, 0.2) is 0 Å². The molecular formula is C12H17Cl2NO2S. The largest absolute Gasteiger partial charge is 0.244 e. The van der Waals surface area contributed by atoms with E-state index in [2.05, 4.69) is 0 Å². The van der Waals surface area contributed by atoms with E-state index in [0.717, 1.165) is 12.8 Å². The van der Waals surface area contributed by atoms with Crippen LogP contribution >= 0.6 is 23.2 Å². The average Bonchev–Trinajstić information content (AvgIpc) is 2.33. The van der Waals surface area contributed by atoms with E-state index in [0.29, 0.717) is 18.1 Å². The van der Waals surface area contributed by atoms with Crippen molar-refractivity contribution in [2.45, 2.75) is 31.6 Å². The zero-order valence-corrected chi connectivity index (χ0v) is 12.8. The van der Waals surface area contributed by atoms with Gasteiger partial charge in [0, 0.05) is 18.1 Å². The third-order valence-corrected chi connectivity index (χ3v) is 5.32. The maximum Gasteiger partial charge on any atom is 0.244 e. The Kier molecular flexibility index (Phi) is 5.92. The number of halogens is 2. The second-order valence-corrected chi connectivity index (χ2v) is 6.67. The summed E-state index contributed by atoms with van der Waals surface area (Å²) in [6.07, 6.45) is 1.76. The van der Waals surface area contributed by atoms with Crippen LogP contribution in [0.5, 0.6) is 0 Å². The lowest BCUT2D eigenvalue weighted by atomic mass is 10.3. The molecule has 0 atom stereocenters. The molecule has 0 spiro atoms. The number of nitrogens with zero attached hydrogens (tertiary/aromatic N) is 1. The predicted molar refractivity (Wildman–Crippen MR) is 75.8 cm³/mol. The Morgan fingerprint density at radius 2 is 1.89 bits per heavy atom. The van der Waals surface area contributed by atoms with E-state index in [1.807, 2.05) is 13.8 Å². The quantitative estimate of drug-likeness (QED) is 0.801. The Hall–Kier alpha value is -0.290. The molecule has 0 aliphatic heterocycles. The smallest absolute Gasteiger partial charge is 0.207 e. The molecule has 1 aromatic carbocycles. The second kappa shape index (κ2) is 6.75. The third kappa shape index (κ3) is 3.60. The van der Waals surface area contributed by atoms with Crippen LogP contribution in [0.2, 0.25) is 10.0 Å². The summed E-state index contributed by atoms with van der Waals surface area (Å²) in [6, 6.07) is 4.48. The Labute approximate surface area is 119 Å². The van der Waals surface area contributed by atoms with Crippen LogP contribution in [0.4, 0.5) is 0 Å². The summed E-state index contributed by atoms with van der Waals surface area (Å²) < 4.78 is 26.3. The zero-order valence-electron chi connectivity index (χ0n) is 10.5. The van der Waals surface area contributed by atoms with Gasteiger partial charge in [-0.05, 0) is 24.6 Å². The second-order valence-electron chi connectivity index (χ2n) is 3.93. The van der Waals surface area contributed by atoms with Crippen molar-refractivity contribution < 1.29 is 8.42 Å². The molecule has 0 fully saturated rings. The fraction of sp³-hybridized carbons (Fsp3) is 0.500. The van der Waals surface area contributed by atoms with E-state index in [1.54, 1.807) is 6.07 Å². The minimum absolute atomic E-state index is 0.0784. The molecule has 3 nitrogen and oxygen atoms in total. The normalized spacial score (nSPS) is 12.1. The highest BCUT2D eigenvalue weighted by molar-refractivity contribution is 7.89. The van der Waals surface area contributed by atoms with Crippen molar-refractivity contribution in [3.05, 3.63) is 28.2 Å². The van der Waals surface area contributed by atoms with Gasteiger partial charge in [0.1, 0.15) is 4.90 Å². The monoisotopic (exact) mass is 309 g/mol. The Bertz CT molecular complexity index is 503. The minimum Gasteiger partial charge on any atom is -0.207 e. The van der Waals surface area contributed by atoms with Gasteiger partial charge in [0.25, 0.3) is 0 Å². The van der Waals surface area contributed by atoms with Crippen molar-refractivity contribution in [2.75, 3.05) is 13.1 Å². The number of rotatable bonds is 6. The first-order chi connectivity index (χ1) is 8.43. The van der Waals surface area contributed by atoms with Gasteiger partial charge < -0.3 is 0 Å². The van der Waals surface area contributed by atoms with Crippen LogP contribution < -0.4 is 0 Å². The maximum absolute atomic E-state index is 12.4. The molecule has 0 bridgehead atoms. The summed E-state index contributed by atoms with van der Waals surface area (Å²) in [5.41, 5.74) is 0. The predicted octanol–water partition coefficient (Wildman–Crippen LogP) is 3.80. The van der Waals surface area contributed by atoms with Gasteiger partial charge in [-0.2, -0.15) is 4.31 Å². The Morgan fingerprint density at radius 3 is 2.44 bits per heavy atom. The van der Waals surface area contributed by atoms with Crippen LogP contribution in [-0.2, 0) is 10.0 Å². The van der Waals surface area contributed by atoms with E-state index in [4.69, 9.17) is 23.2 Å². The van der Waals surface area contributed by atoms with Crippen molar-refractivity contribution in [3.8, 4) is 0 Å². The molecule has 0 radical (unpaired) electrons. The lowest BCUT2D eigenvalue weighted by Gasteiger charge is -2.20. The number of hydrogen-bond donors (Lipinski definition) is 0. The van der Waals surface area contributed by atoms with E-state index < -0.39 is 10.0 Å². The molecule has 0 aliphatic carbocycles. The summed E-state index contributed by atoms with van der Waals surface area (Å²) >= 11 is 11.8. The Balaban J connectivity index is 3.14. The molecule has 1 aromatic rings. The van der Waals surface area contributed by atoms with Gasteiger partial charge in [0.2, 0.25) is 10.0 Å². The average molecular weight is 310 g/mol. The topological polar surface area (TPSA) is 37.4 Å². The molecule has 0 aromatic heterocycles. The molecule has 0 saturated heterocycles. The number of benzene rings is 1. The van der Waals surface area contributed by atoms with Gasteiger partial charge in [-0.1, -0.05) is 43.5 Å². The highest BCUT2D eigenvalue weighted by Crippen LogP contribution is 2.27. The minimum atomic E-state index is -3.56. The lowest BCUT2D eigenvalue weighted by Crippen LogP contribution is -2.32. The molecule has 6 heteroatoms. The zero-order chi connectivity index (χ0) is 13.8. The fourth-order valence-corrected chi connectivity index (χ4v) is 3.82. The first-order valence-electron chi connectivity index (χ1n) is 5.88. The van der Waals surface area contributed by atoms with Crippen LogP contribution in [0.3, 0.4) is 0 Å². The van der Waals surface area contributed by atoms with Gasteiger partial charge in [-0.15, -0.1) is 0 Å². The highest BCUT2D eigenvalue weighted by Gasteiger charge is 2.25. The maximum atomic E-state index is 12.4. The lowest BCUT2D eigenvalue weighted by molar-refractivity contribution is 0.419. The standard InChI is InChI=1S/C12H17Cl2NO2S/c1-3-5-8-15(4-2)18(16,17)12-9-10(13)6-7-11(12)14/h6-7,9H,3-5,8H2,1-2H3. The van der Waals surface area contributed by atoms with Crippen LogP contribution in [-0.4, -0.2) is 25.8 Å². The molecule has 0 N–H and O–H groups in total. The van der Waals surface area contributed by atoms with Crippen molar-refractivity contribution in [3.63, 3.8) is 0 Å².